The van der Waals surface area contributed by atoms with Gasteiger partial charge in [0.25, 0.3) is 5.89 Å². The van der Waals surface area contributed by atoms with Crippen LogP contribution in [0.5, 0.6) is 0 Å². The number of carbonyl (C=O) groups excluding carboxylic acids is 2. The number of rotatable bonds is 6. The molecule has 2 aromatic rings. The van der Waals surface area contributed by atoms with Crippen LogP contribution in [0.25, 0.3) is 11.5 Å². The number of amides is 2. The number of carbonyl (C=O) groups is 2. The van der Waals surface area contributed by atoms with E-state index in [9.17, 15) is 22.8 Å². The molecule has 0 spiro atoms. The van der Waals surface area contributed by atoms with Gasteiger partial charge >= 0.3 is 6.18 Å². The highest BCUT2D eigenvalue weighted by Crippen LogP contribution is 2.32. The lowest BCUT2D eigenvalue weighted by Crippen LogP contribution is -2.55. The van der Waals surface area contributed by atoms with Gasteiger partial charge in [0.2, 0.25) is 11.8 Å². The zero-order valence-corrected chi connectivity index (χ0v) is 20.9. The Morgan fingerprint density at radius 1 is 1.17 bits per heavy atom. The van der Waals surface area contributed by atoms with Crippen LogP contribution >= 0.6 is 0 Å². The SMILES string of the molecule is CC(CC(=O)N1CCN(C(=O)Cc2noc(-c3cccc(C(F)(F)F)c3)n2)CC1C)CC(C)(C)C. The topological polar surface area (TPSA) is 79.5 Å². The molecular weight excluding hydrogens is 461 g/mol. The van der Waals surface area contributed by atoms with Gasteiger partial charge in [-0.2, -0.15) is 18.2 Å². The van der Waals surface area contributed by atoms with Crippen molar-refractivity contribution in [3.8, 4) is 11.5 Å². The van der Waals surface area contributed by atoms with E-state index in [0.717, 1.165) is 18.6 Å². The molecule has 1 aliphatic heterocycles. The largest absolute Gasteiger partial charge is 0.416 e. The second-order valence-corrected chi connectivity index (χ2v) is 10.6. The number of aromatic nitrogens is 2. The molecule has 1 saturated heterocycles. The molecule has 0 bridgehead atoms. The lowest BCUT2D eigenvalue weighted by atomic mass is 9.84. The molecule has 2 atom stereocenters. The van der Waals surface area contributed by atoms with Gasteiger partial charge in [-0.3, -0.25) is 9.59 Å². The third kappa shape index (κ3) is 7.29. The van der Waals surface area contributed by atoms with Crippen molar-refractivity contribution in [2.24, 2.45) is 11.3 Å². The summed E-state index contributed by atoms with van der Waals surface area (Å²) in [6.07, 6.45) is -3.18. The van der Waals surface area contributed by atoms with E-state index in [4.69, 9.17) is 4.52 Å². The van der Waals surface area contributed by atoms with E-state index in [-0.39, 0.29) is 52.9 Å². The van der Waals surface area contributed by atoms with E-state index in [1.54, 1.807) is 4.90 Å². The summed E-state index contributed by atoms with van der Waals surface area (Å²) in [5, 5.41) is 3.76. The number of alkyl halides is 3. The molecule has 0 radical (unpaired) electrons. The zero-order chi connectivity index (χ0) is 26.0. The van der Waals surface area contributed by atoms with E-state index < -0.39 is 11.7 Å². The van der Waals surface area contributed by atoms with Crippen molar-refractivity contribution < 1.29 is 27.3 Å². The quantitative estimate of drug-likeness (QED) is 0.575. The Hall–Kier alpha value is -2.91. The van der Waals surface area contributed by atoms with Crippen LogP contribution in [0.15, 0.2) is 28.8 Å². The second kappa shape index (κ2) is 10.4. The highest BCUT2D eigenvalue weighted by Gasteiger charge is 2.32. The molecule has 0 aliphatic carbocycles. The minimum Gasteiger partial charge on any atom is -0.338 e. The summed E-state index contributed by atoms with van der Waals surface area (Å²) in [4.78, 5) is 33.2. The molecule has 1 aromatic carbocycles. The van der Waals surface area contributed by atoms with Crippen LogP contribution < -0.4 is 0 Å². The minimum absolute atomic E-state index is 0.0768. The molecular formula is C25H33F3N4O3. The summed E-state index contributed by atoms with van der Waals surface area (Å²) in [5.41, 5.74) is -0.528. The second-order valence-electron chi connectivity index (χ2n) is 10.6. The van der Waals surface area contributed by atoms with Crippen LogP contribution in [0, 0.1) is 11.3 Å². The van der Waals surface area contributed by atoms with Gasteiger partial charge in [0, 0.05) is 37.7 Å². The van der Waals surface area contributed by atoms with Gasteiger partial charge in [-0.1, -0.05) is 38.9 Å². The highest BCUT2D eigenvalue weighted by molar-refractivity contribution is 5.80. The average Bonchev–Trinajstić information content (AvgIpc) is 3.20. The molecule has 1 aromatic heterocycles. The number of benzene rings is 1. The lowest BCUT2D eigenvalue weighted by Gasteiger charge is -2.40. The third-order valence-electron chi connectivity index (χ3n) is 6.00. The summed E-state index contributed by atoms with van der Waals surface area (Å²) in [6.45, 7) is 11.7. The van der Waals surface area contributed by atoms with Gasteiger partial charge in [-0.25, -0.2) is 0 Å². The third-order valence-corrected chi connectivity index (χ3v) is 6.00. The fourth-order valence-electron chi connectivity index (χ4n) is 4.61. The van der Waals surface area contributed by atoms with Gasteiger partial charge < -0.3 is 14.3 Å². The van der Waals surface area contributed by atoms with E-state index in [0.29, 0.717) is 26.1 Å². The molecule has 2 amide bonds. The molecule has 1 fully saturated rings. The van der Waals surface area contributed by atoms with Crippen molar-refractivity contribution in [1.82, 2.24) is 19.9 Å². The first-order valence-corrected chi connectivity index (χ1v) is 11.8. The van der Waals surface area contributed by atoms with Gasteiger partial charge in [0.05, 0.1) is 12.0 Å². The van der Waals surface area contributed by atoms with Gasteiger partial charge in [0.1, 0.15) is 0 Å². The molecule has 192 valence electrons. The van der Waals surface area contributed by atoms with Crippen LogP contribution in [-0.2, 0) is 22.2 Å². The van der Waals surface area contributed by atoms with Crippen molar-refractivity contribution in [3.63, 3.8) is 0 Å². The minimum atomic E-state index is -4.49. The lowest BCUT2D eigenvalue weighted by molar-refractivity contribution is -0.142. The zero-order valence-electron chi connectivity index (χ0n) is 20.9. The number of halogens is 3. The Bertz CT molecular complexity index is 1050. The Balaban J connectivity index is 1.56. The molecule has 3 rings (SSSR count). The van der Waals surface area contributed by atoms with E-state index in [2.05, 4.69) is 37.8 Å². The van der Waals surface area contributed by atoms with Crippen LogP contribution in [0.3, 0.4) is 0 Å². The standard InChI is InChI=1S/C25H33F3N4O3/c1-16(14-24(3,4)5)11-22(34)32-10-9-31(15-17(32)2)21(33)13-20-29-23(35-30-20)18-7-6-8-19(12-18)25(26,27)28/h6-8,12,16-17H,9-11,13-15H2,1-5H3. The first kappa shape index (κ1) is 26.7. The summed E-state index contributed by atoms with van der Waals surface area (Å²) in [6, 6.07) is 4.47. The number of piperazine rings is 1. The van der Waals surface area contributed by atoms with E-state index in [1.165, 1.54) is 12.1 Å². The van der Waals surface area contributed by atoms with E-state index >= 15 is 0 Å². The molecule has 0 saturated carbocycles. The maximum atomic E-state index is 13.0. The summed E-state index contributed by atoms with van der Waals surface area (Å²) in [5.74, 6) is 0.182. The normalized spacial score (nSPS) is 18.0. The van der Waals surface area contributed by atoms with Crippen LogP contribution in [0.1, 0.15) is 58.8 Å². The maximum Gasteiger partial charge on any atom is 0.416 e. The van der Waals surface area contributed by atoms with Crippen molar-refractivity contribution in [3.05, 3.63) is 35.7 Å². The Morgan fingerprint density at radius 2 is 1.89 bits per heavy atom. The molecule has 10 heteroatoms. The number of hydrogen-bond donors (Lipinski definition) is 0. The molecule has 2 unspecified atom stereocenters. The molecule has 0 N–H and O–H groups in total. The van der Waals surface area contributed by atoms with Crippen LogP contribution in [-0.4, -0.2) is 57.4 Å². The Morgan fingerprint density at radius 3 is 2.51 bits per heavy atom. The fourth-order valence-corrected chi connectivity index (χ4v) is 4.61. The van der Waals surface area contributed by atoms with Crippen molar-refractivity contribution >= 4 is 11.8 Å². The fraction of sp³-hybridized carbons (Fsp3) is 0.600. The van der Waals surface area contributed by atoms with Gasteiger partial charge in [-0.15, -0.1) is 0 Å². The Labute approximate surface area is 203 Å². The first-order chi connectivity index (χ1) is 16.2. The van der Waals surface area contributed by atoms with Gasteiger partial charge in [-0.05, 0) is 42.9 Å². The molecule has 7 nitrogen and oxygen atoms in total. The predicted octanol–water partition coefficient (Wildman–Crippen LogP) is 4.82. The van der Waals surface area contributed by atoms with Crippen LogP contribution in [0.4, 0.5) is 13.2 Å². The number of hydrogen-bond acceptors (Lipinski definition) is 5. The summed E-state index contributed by atoms with van der Waals surface area (Å²) < 4.78 is 44.0. The van der Waals surface area contributed by atoms with Crippen molar-refractivity contribution in [1.29, 1.82) is 0 Å². The summed E-state index contributed by atoms with van der Waals surface area (Å²) in [7, 11) is 0. The average molecular weight is 495 g/mol. The maximum absolute atomic E-state index is 13.0. The molecule has 1 aliphatic rings. The number of nitrogens with zero attached hydrogens (tertiary/aromatic N) is 4. The smallest absolute Gasteiger partial charge is 0.338 e. The molecule has 2 heterocycles. The summed E-state index contributed by atoms with van der Waals surface area (Å²) >= 11 is 0. The Kier molecular flexibility index (Phi) is 7.91. The predicted molar refractivity (Wildman–Crippen MR) is 124 cm³/mol. The molecule has 35 heavy (non-hydrogen) atoms. The highest BCUT2D eigenvalue weighted by atomic mass is 19.4. The van der Waals surface area contributed by atoms with Crippen molar-refractivity contribution in [2.75, 3.05) is 19.6 Å². The first-order valence-electron chi connectivity index (χ1n) is 11.8. The van der Waals surface area contributed by atoms with Crippen molar-refractivity contribution in [2.45, 2.75) is 66.1 Å². The van der Waals surface area contributed by atoms with Gasteiger partial charge in [0.15, 0.2) is 5.82 Å². The van der Waals surface area contributed by atoms with Crippen LogP contribution in [0.2, 0.25) is 0 Å². The monoisotopic (exact) mass is 494 g/mol. The van der Waals surface area contributed by atoms with E-state index in [1.807, 2.05) is 11.8 Å².